The lowest BCUT2D eigenvalue weighted by Gasteiger charge is -2.36. The smallest absolute Gasteiger partial charge is 0.392 e. The average molecular weight is 300 g/mol. The van der Waals surface area contributed by atoms with E-state index < -0.39 is 24.1 Å². The molecule has 0 bridgehead atoms. The van der Waals surface area contributed by atoms with Gasteiger partial charge in [0.15, 0.2) is 0 Å². The Morgan fingerprint density at radius 1 is 1.10 bits per heavy atom. The van der Waals surface area contributed by atoms with Crippen LogP contribution in [0.15, 0.2) is 18.2 Å². The number of aryl methyl sites for hydroxylation is 2. The van der Waals surface area contributed by atoms with Crippen LogP contribution in [-0.4, -0.2) is 17.4 Å². The first kappa shape index (κ1) is 16.3. The number of alkyl halides is 3. The standard InChI is InChI=1S/C17H23F3O/c1-11-7-12(2)9-13(8-11)10-16(21)14-5-3-4-6-15(14)17(18,19)20/h7-9,14-16,21H,3-6,10H2,1-2H3. The minimum atomic E-state index is -4.20. The van der Waals surface area contributed by atoms with Crippen molar-refractivity contribution in [1.29, 1.82) is 0 Å². The first-order valence-electron chi connectivity index (χ1n) is 7.59. The van der Waals surface area contributed by atoms with E-state index in [1.807, 2.05) is 32.0 Å². The van der Waals surface area contributed by atoms with Crippen LogP contribution >= 0.6 is 0 Å². The van der Waals surface area contributed by atoms with Gasteiger partial charge in [-0.15, -0.1) is 0 Å². The normalized spacial score (nSPS) is 24.9. The molecule has 0 aromatic heterocycles. The topological polar surface area (TPSA) is 20.2 Å². The number of aliphatic hydroxyl groups is 1. The molecule has 1 aliphatic carbocycles. The second kappa shape index (κ2) is 6.39. The summed E-state index contributed by atoms with van der Waals surface area (Å²) in [5, 5.41) is 10.3. The monoisotopic (exact) mass is 300 g/mol. The van der Waals surface area contributed by atoms with E-state index in [0.717, 1.165) is 23.1 Å². The van der Waals surface area contributed by atoms with E-state index in [9.17, 15) is 18.3 Å². The first-order chi connectivity index (χ1) is 9.77. The predicted octanol–water partition coefficient (Wildman–Crippen LogP) is 4.58. The summed E-state index contributed by atoms with van der Waals surface area (Å²) in [6.45, 7) is 3.92. The highest BCUT2D eigenvalue weighted by Crippen LogP contribution is 2.43. The minimum Gasteiger partial charge on any atom is -0.392 e. The number of halogens is 3. The second-order valence-electron chi connectivity index (χ2n) is 6.36. The summed E-state index contributed by atoms with van der Waals surface area (Å²) < 4.78 is 39.3. The fraction of sp³-hybridized carbons (Fsp3) is 0.647. The third-order valence-corrected chi connectivity index (χ3v) is 4.46. The van der Waals surface area contributed by atoms with Crippen LogP contribution < -0.4 is 0 Å². The number of hydrogen-bond acceptors (Lipinski definition) is 1. The van der Waals surface area contributed by atoms with Crippen molar-refractivity contribution in [3.63, 3.8) is 0 Å². The van der Waals surface area contributed by atoms with Crippen LogP contribution in [0.3, 0.4) is 0 Å². The molecule has 4 heteroatoms. The highest BCUT2D eigenvalue weighted by Gasteiger charge is 2.47. The van der Waals surface area contributed by atoms with Gasteiger partial charge in [0.2, 0.25) is 0 Å². The Kier molecular flexibility index (Phi) is 4.97. The Labute approximate surface area is 124 Å². The van der Waals surface area contributed by atoms with E-state index in [0.29, 0.717) is 19.3 Å². The molecule has 0 saturated heterocycles. The van der Waals surface area contributed by atoms with E-state index in [1.54, 1.807) is 0 Å². The molecule has 1 aromatic rings. The lowest BCUT2D eigenvalue weighted by Crippen LogP contribution is -2.40. The highest BCUT2D eigenvalue weighted by molar-refractivity contribution is 5.29. The van der Waals surface area contributed by atoms with E-state index in [1.165, 1.54) is 0 Å². The molecule has 1 N–H and O–H groups in total. The van der Waals surface area contributed by atoms with E-state index in [-0.39, 0.29) is 6.42 Å². The molecule has 0 spiro atoms. The number of hydrogen-bond donors (Lipinski definition) is 1. The lowest BCUT2D eigenvalue weighted by atomic mass is 9.74. The molecule has 2 rings (SSSR count). The highest BCUT2D eigenvalue weighted by atomic mass is 19.4. The van der Waals surface area contributed by atoms with Crippen LogP contribution in [-0.2, 0) is 6.42 Å². The molecule has 1 fully saturated rings. The molecule has 1 aliphatic rings. The predicted molar refractivity (Wildman–Crippen MR) is 77.1 cm³/mol. The molecule has 0 heterocycles. The van der Waals surface area contributed by atoms with Crippen LogP contribution in [0, 0.1) is 25.7 Å². The third kappa shape index (κ3) is 4.22. The zero-order valence-electron chi connectivity index (χ0n) is 12.6. The molecule has 0 aliphatic heterocycles. The molecular formula is C17H23F3O. The van der Waals surface area contributed by atoms with Crippen molar-refractivity contribution in [3.05, 3.63) is 34.9 Å². The van der Waals surface area contributed by atoms with E-state index in [2.05, 4.69) is 0 Å². The zero-order chi connectivity index (χ0) is 15.6. The fourth-order valence-electron chi connectivity index (χ4n) is 3.61. The third-order valence-electron chi connectivity index (χ3n) is 4.46. The van der Waals surface area contributed by atoms with E-state index >= 15 is 0 Å². The van der Waals surface area contributed by atoms with Crippen molar-refractivity contribution in [2.75, 3.05) is 0 Å². The largest absolute Gasteiger partial charge is 0.392 e. The lowest BCUT2D eigenvalue weighted by molar-refractivity contribution is -0.206. The van der Waals surface area contributed by atoms with Gasteiger partial charge in [0.05, 0.1) is 12.0 Å². The fourth-order valence-corrected chi connectivity index (χ4v) is 3.61. The van der Waals surface area contributed by atoms with Gasteiger partial charge in [-0.2, -0.15) is 13.2 Å². The van der Waals surface area contributed by atoms with Crippen LogP contribution in [0.1, 0.15) is 42.4 Å². The van der Waals surface area contributed by atoms with Gasteiger partial charge >= 0.3 is 6.18 Å². The summed E-state index contributed by atoms with van der Waals surface area (Å²) >= 11 is 0. The Hall–Kier alpha value is -1.03. The molecule has 1 saturated carbocycles. The van der Waals surface area contributed by atoms with Crippen molar-refractivity contribution >= 4 is 0 Å². The van der Waals surface area contributed by atoms with Gasteiger partial charge in [0.1, 0.15) is 0 Å². The van der Waals surface area contributed by atoms with Gasteiger partial charge in [-0.1, -0.05) is 42.2 Å². The van der Waals surface area contributed by atoms with E-state index in [4.69, 9.17) is 0 Å². The van der Waals surface area contributed by atoms with Crippen molar-refractivity contribution < 1.29 is 18.3 Å². The van der Waals surface area contributed by atoms with Crippen molar-refractivity contribution in [2.45, 2.75) is 58.2 Å². The van der Waals surface area contributed by atoms with Crippen molar-refractivity contribution in [3.8, 4) is 0 Å². The van der Waals surface area contributed by atoms with Gasteiger partial charge in [-0.3, -0.25) is 0 Å². The maximum absolute atomic E-state index is 13.1. The number of aliphatic hydroxyl groups excluding tert-OH is 1. The summed E-state index contributed by atoms with van der Waals surface area (Å²) in [7, 11) is 0. The maximum Gasteiger partial charge on any atom is 0.392 e. The summed E-state index contributed by atoms with van der Waals surface area (Å²) in [5.41, 5.74) is 3.08. The summed E-state index contributed by atoms with van der Waals surface area (Å²) in [6, 6.07) is 5.91. The minimum absolute atomic E-state index is 0.151. The summed E-state index contributed by atoms with van der Waals surface area (Å²) in [6.07, 6.45) is -2.81. The molecule has 0 radical (unpaired) electrons. The molecule has 118 valence electrons. The van der Waals surface area contributed by atoms with Gasteiger partial charge in [0, 0.05) is 0 Å². The van der Waals surface area contributed by atoms with Gasteiger partial charge < -0.3 is 5.11 Å². The summed E-state index contributed by atoms with van der Waals surface area (Å²) in [4.78, 5) is 0. The second-order valence-corrected chi connectivity index (χ2v) is 6.36. The SMILES string of the molecule is Cc1cc(C)cc(CC(O)C2CCCCC2C(F)(F)F)c1. The molecule has 1 aromatic carbocycles. The zero-order valence-corrected chi connectivity index (χ0v) is 12.6. The quantitative estimate of drug-likeness (QED) is 0.866. The summed E-state index contributed by atoms with van der Waals surface area (Å²) in [5.74, 6) is -2.02. The van der Waals surface area contributed by atoms with Gasteiger partial charge in [-0.05, 0) is 44.6 Å². The molecule has 1 nitrogen and oxygen atoms in total. The molecular weight excluding hydrogens is 277 g/mol. The molecule has 21 heavy (non-hydrogen) atoms. The Balaban J connectivity index is 2.12. The Morgan fingerprint density at radius 3 is 2.24 bits per heavy atom. The van der Waals surface area contributed by atoms with Crippen molar-refractivity contribution in [2.24, 2.45) is 11.8 Å². The molecule has 0 amide bonds. The van der Waals surface area contributed by atoms with Gasteiger partial charge in [-0.25, -0.2) is 0 Å². The van der Waals surface area contributed by atoms with Crippen LogP contribution in [0.4, 0.5) is 13.2 Å². The molecule has 3 unspecified atom stereocenters. The Morgan fingerprint density at radius 2 is 1.67 bits per heavy atom. The van der Waals surface area contributed by atoms with Gasteiger partial charge in [0.25, 0.3) is 0 Å². The number of rotatable bonds is 3. The number of benzene rings is 1. The first-order valence-corrected chi connectivity index (χ1v) is 7.59. The van der Waals surface area contributed by atoms with Crippen LogP contribution in [0.2, 0.25) is 0 Å². The Bertz CT molecular complexity index is 461. The van der Waals surface area contributed by atoms with Crippen LogP contribution in [0.5, 0.6) is 0 Å². The van der Waals surface area contributed by atoms with Crippen molar-refractivity contribution in [1.82, 2.24) is 0 Å². The van der Waals surface area contributed by atoms with Crippen LogP contribution in [0.25, 0.3) is 0 Å². The maximum atomic E-state index is 13.1. The average Bonchev–Trinajstić information content (AvgIpc) is 2.36. The molecule has 3 atom stereocenters.